The molecular formula is C21H18NOS2+. The third-order valence-corrected chi connectivity index (χ3v) is 5.97. The number of aryl methyl sites for hydroxylation is 2. The second kappa shape index (κ2) is 7.21. The maximum absolute atomic E-state index is 9.42. The van der Waals surface area contributed by atoms with Gasteiger partial charge in [0.05, 0.1) is 11.1 Å². The van der Waals surface area contributed by atoms with Gasteiger partial charge < -0.3 is 5.11 Å². The molecule has 0 spiro atoms. The van der Waals surface area contributed by atoms with Gasteiger partial charge in [0, 0.05) is 16.2 Å². The van der Waals surface area contributed by atoms with Crippen molar-refractivity contribution in [3.05, 3.63) is 83.3 Å². The summed E-state index contributed by atoms with van der Waals surface area (Å²) in [4.78, 5) is 2.58. The standard InChI is InChI=1S/C21H17NOS2/c23-19-7-5-16(6-8-19)9-10-22-14-17(20-3-1-11-24-20)13-18(15-22)21-4-2-12-25-21/h1-8,11-15H,9-10H2/p+1. The topological polar surface area (TPSA) is 24.1 Å². The molecule has 0 bridgehead atoms. The summed E-state index contributed by atoms with van der Waals surface area (Å²) >= 11 is 3.54. The molecule has 1 N–H and O–H groups in total. The van der Waals surface area contributed by atoms with Crippen LogP contribution in [0, 0.1) is 0 Å². The first-order valence-electron chi connectivity index (χ1n) is 8.18. The van der Waals surface area contributed by atoms with E-state index in [1.54, 1.807) is 34.8 Å². The molecule has 3 heterocycles. The first kappa shape index (κ1) is 16.1. The number of phenolic OH excluding ortho intramolecular Hbond substituents is 1. The predicted molar refractivity (Wildman–Crippen MR) is 105 cm³/mol. The zero-order chi connectivity index (χ0) is 17.1. The SMILES string of the molecule is Oc1ccc(CC[n+]2cc(-c3cccs3)cc(-c3cccs3)c2)cc1. The van der Waals surface area contributed by atoms with E-state index in [0.717, 1.165) is 13.0 Å². The molecule has 0 atom stereocenters. The van der Waals surface area contributed by atoms with Crippen LogP contribution >= 0.6 is 22.7 Å². The fourth-order valence-electron chi connectivity index (χ4n) is 2.84. The first-order valence-corrected chi connectivity index (χ1v) is 9.94. The van der Waals surface area contributed by atoms with Crippen LogP contribution in [0.4, 0.5) is 0 Å². The molecule has 0 aliphatic rings. The number of benzene rings is 1. The van der Waals surface area contributed by atoms with E-state index in [-0.39, 0.29) is 0 Å². The molecular weight excluding hydrogens is 346 g/mol. The zero-order valence-corrected chi connectivity index (χ0v) is 15.3. The van der Waals surface area contributed by atoms with E-state index < -0.39 is 0 Å². The van der Waals surface area contributed by atoms with Gasteiger partial charge in [0.25, 0.3) is 0 Å². The summed E-state index contributed by atoms with van der Waals surface area (Å²) in [6, 6.07) is 18.3. The van der Waals surface area contributed by atoms with Gasteiger partial charge in [0.1, 0.15) is 5.75 Å². The third-order valence-electron chi connectivity index (χ3n) is 4.13. The van der Waals surface area contributed by atoms with E-state index in [0.29, 0.717) is 5.75 Å². The Labute approximate surface area is 155 Å². The summed E-state index contributed by atoms with van der Waals surface area (Å²) in [5.41, 5.74) is 3.74. The van der Waals surface area contributed by atoms with Crippen molar-refractivity contribution >= 4 is 22.7 Å². The summed E-state index contributed by atoms with van der Waals surface area (Å²) in [6.07, 6.45) is 5.38. The summed E-state index contributed by atoms with van der Waals surface area (Å²) < 4.78 is 2.27. The summed E-state index contributed by atoms with van der Waals surface area (Å²) in [6.45, 7) is 0.905. The van der Waals surface area contributed by atoms with Crippen molar-refractivity contribution in [2.45, 2.75) is 13.0 Å². The van der Waals surface area contributed by atoms with Crippen molar-refractivity contribution in [3.63, 3.8) is 0 Å². The summed E-state index contributed by atoms with van der Waals surface area (Å²) in [5, 5.41) is 13.7. The van der Waals surface area contributed by atoms with E-state index >= 15 is 0 Å². The van der Waals surface area contributed by atoms with E-state index in [1.807, 2.05) is 12.1 Å². The minimum absolute atomic E-state index is 0.316. The van der Waals surface area contributed by atoms with Crippen molar-refractivity contribution in [1.82, 2.24) is 0 Å². The normalized spacial score (nSPS) is 10.9. The average Bonchev–Trinajstić information content (AvgIpc) is 3.35. The van der Waals surface area contributed by atoms with Crippen molar-refractivity contribution in [2.75, 3.05) is 0 Å². The van der Waals surface area contributed by atoms with Gasteiger partial charge >= 0.3 is 0 Å². The van der Waals surface area contributed by atoms with Gasteiger partial charge in [-0.3, -0.25) is 0 Å². The molecule has 0 aliphatic carbocycles. The minimum atomic E-state index is 0.316. The number of phenols is 1. The largest absolute Gasteiger partial charge is 0.508 e. The Hall–Kier alpha value is -2.43. The maximum atomic E-state index is 9.42. The van der Waals surface area contributed by atoms with Gasteiger partial charge in [-0.15, -0.1) is 22.7 Å². The van der Waals surface area contributed by atoms with E-state index in [4.69, 9.17) is 0 Å². The lowest BCUT2D eigenvalue weighted by Gasteiger charge is -2.04. The van der Waals surface area contributed by atoms with Crippen LogP contribution in [0.1, 0.15) is 5.56 Å². The molecule has 3 aromatic heterocycles. The van der Waals surface area contributed by atoms with Crippen molar-refractivity contribution in [2.24, 2.45) is 0 Å². The number of hydrogen-bond acceptors (Lipinski definition) is 3. The lowest BCUT2D eigenvalue weighted by atomic mass is 10.1. The second-order valence-corrected chi connectivity index (χ2v) is 7.82. The Kier molecular flexibility index (Phi) is 4.63. The van der Waals surface area contributed by atoms with Crippen LogP contribution in [-0.4, -0.2) is 5.11 Å². The fourth-order valence-corrected chi connectivity index (χ4v) is 4.26. The van der Waals surface area contributed by atoms with Gasteiger partial charge in [0.2, 0.25) is 0 Å². The number of thiophene rings is 2. The third kappa shape index (κ3) is 3.81. The Morgan fingerprint density at radius 3 is 1.92 bits per heavy atom. The molecule has 25 heavy (non-hydrogen) atoms. The number of nitrogens with zero attached hydrogens (tertiary/aromatic N) is 1. The first-order chi connectivity index (χ1) is 12.3. The van der Waals surface area contributed by atoms with Gasteiger partial charge in [-0.05, 0) is 46.7 Å². The molecule has 0 radical (unpaired) electrons. The highest BCUT2D eigenvalue weighted by Gasteiger charge is 2.12. The smallest absolute Gasteiger partial charge is 0.177 e. The van der Waals surface area contributed by atoms with E-state index in [1.165, 1.54) is 26.4 Å². The summed E-state index contributed by atoms with van der Waals surface area (Å²) in [7, 11) is 0. The second-order valence-electron chi connectivity index (χ2n) is 5.92. The van der Waals surface area contributed by atoms with E-state index in [2.05, 4.69) is 58.1 Å². The highest BCUT2D eigenvalue weighted by atomic mass is 32.1. The molecule has 0 unspecified atom stereocenters. The summed E-state index contributed by atoms with van der Waals surface area (Å²) in [5.74, 6) is 0.316. The van der Waals surface area contributed by atoms with Crippen LogP contribution in [0.3, 0.4) is 0 Å². The van der Waals surface area contributed by atoms with Crippen molar-refractivity contribution < 1.29 is 9.67 Å². The molecule has 0 aliphatic heterocycles. The zero-order valence-electron chi connectivity index (χ0n) is 13.6. The molecule has 0 saturated heterocycles. The number of aromatic nitrogens is 1. The maximum Gasteiger partial charge on any atom is 0.177 e. The highest BCUT2D eigenvalue weighted by Crippen LogP contribution is 2.29. The quantitative estimate of drug-likeness (QED) is 0.472. The molecule has 4 rings (SSSR count). The molecule has 1 aromatic carbocycles. The number of aromatic hydroxyl groups is 1. The molecule has 2 nitrogen and oxygen atoms in total. The van der Waals surface area contributed by atoms with Crippen LogP contribution in [0.5, 0.6) is 5.75 Å². The Morgan fingerprint density at radius 2 is 1.40 bits per heavy atom. The van der Waals surface area contributed by atoms with Crippen molar-refractivity contribution in [1.29, 1.82) is 0 Å². The molecule has 124 valence electrons. The Bertz CT molecular complexity index is 890. The van der Waals surface area contributed by atoms with Crippen LogP contribution in [0.25, 0.3) is 20.9 Å². The fraction of sp³-hybridized carbons (Fsp3) is 0.0952. The number of hydrogen-bond donors (Lipinski definition) is 1. The predicted octanol–water partition coefficient (Wildman–Crippen LogP) is 5.38. The van der Waals surface area contributed by atoms with Crippen LogP contribution in [0.15, 0.2) is 77.8 Å². The lowest BCUT2D eigenvalue weighted by Crippen LogP contribution is -2.34. The number of rotatable bonds is 5. The van der Waals surface area contributed by atoms with Crippen LogP contribution in [0.2, 0.25) is 0 Å². The highest BCUT2D eigenvalue weighted by molar-refractivity contribution is 7.14. The minimum Gasteiger partial charge on any atom is -0.508 e. The number of pyridine rings is 1. The van der Waals surface area contributed by atoms with Crippen LogP contribution in [-0.2, 0) is 13.0 Å². The molecule has 0 saturated carbocycles. The average molecular weight is 365 g/mol. The van der Waals surface area contributed by atoms with Crippen molar-refractivity contribution in [3.8, 4) is 26.6 Å². The molecule has 4 aromatic rings. The van der Waals surface area contributed by atoms with Gasteiger partial charge in [-0.25, -0.2) is 4.57 Å². The lowest BCUT2D eigenvalue weighted by molar-refractivity contribution is -0.695. The van der Waals surface area contributed by atoms with Crippen LogP contribution < -0.4 is 4.57 Å². The Balaban J connectivity index is 1.65. The monoisotopic (exact) mass is 364 g/mol. The van der Waals surface area contributed by atoms with Gasteiger partial charge in [-0.2, -0.15) is 0 Å². The Morgan fingerprint density at radius 1 is 0.800 bits per heavy atom. The molecule has 4 heteroatoms. The van der Waals surface area contributed by atoms with Gasteiger partial charge in [0.15, 0.2) is 18.9 Å². The van der Waals surface area contributed by atoms with Gasteiger partial charge in [-0.1, -0.05) is 24.3 Å². The van der Waals surface area contributed by atoms with E-state index in [9.17, 15) is 5.11 Å². The molecule has 0 fully saturated rings. The molecule has 0 amide bonds.